The van der Waals surface area contributed by atoms with E-state index in [2.05, 4.69) is 62.4 Å². The Morgan fingerprint density at radius 1 is 0.600 bits per heavy atom. The van der Waals surface area contributed by atoms with E-state index in [1.165, 1.54) is 107 Å². The first-order valence-corrected chi connectivity index (χ1v) is 13.0. The molecule has 0 radical (unpaired) electrons. The lowest BCUT2D eigenvalue weighted by molar-refractivity contribution is 0.308. The fourth-order valence-corrected chi connectivity index (χ4v) is 5.29. The van der Waals surface area contributed by atoms with Gasteiger partial charge in [-0.05, 0) is 72.6 Å². The highest BCUT2D eigenvalue weighted by molar-refractivity contribution is 5.64. The van der Waals surface area contributed by atoms with E-state index in [-0.39, 0.29) is 0 Å². The molecule has 0 heteroatoms. The predicted octanol–water partition coefficient (Wildman–Crippen LogP) is 9.72. The smallest absolute Gasteiger partial charge is 0.0162 e. The van der Waals surface area contributed by atoms with E-state index in [1.807, 2.05) is 0 Å². The summed E-state index contributed by atoms with van der Waals surface area (Å²) < 4.78 is 0. The summed E-state index contributed by atoms with van der Waals surface area (Å²) in [5, 5.41) is 0. The summed E-state index contributed by atoms with van der Waals surface area (Å²) in [5.74, 6) is 1.78. The third-order valence-corrected chi connectivity index (χ3v) is 7.28. The summed E-state index contributed by atoms with van der Waals surface area (Å²) in [6, 6.07) is 18.8. The van der Waals surface area contributed by atoms with Gasteiger partial charge in [0, 0.05) is 0 Å². The second-order valence-electron chi connectivity index (χ2n) is 9.70. The van der Waals surface area contributed by atoms with Gasteiger partial charge in [-0.25, -0.2) is 0 Å². The van der Waals surface area contributed by atoms with Crippen LogP contribution in [0.3, 0.4) is 0 Å². The third kappa shape index (κ3) is 7.29. The van der Waals surface area contributed by atoms with Crippen LogP contribution in [-0.2, 0) is 6.42 Å². The van der Waals surface area contributed by atoms with Crippen LogP contribution in [0.5, 0.6) is 0 Å². The molecule has 0 nitrogen and oxygen atoms in total. The zero-order valence-electron chi connectivity index (χ0n) is 19.7. The number of rotatable bonds is 12. The molecule has 2 aromatic rings. The Morgan fingerprint density at radius 3 is 1.77 bits per heavy atom. The van der Waals surface area contributed by atoms with Crippen LogP contribution in [0.4, 0.5) is 0 Å². The average molecular weight is 405 g/mol. The standard InChI is InChI=1S/C30H44/c1-3-5-6-7-8-9-10-12-26-15-19-28(20-16-26)30-23-21-29(22-24-30)27-17-13-25(11-4-2)14-18-27/h15-16,19-25,27H,3-14,17-18H2,1-2H3/t25-,27-. The first-order valence-electron chi connectivity index (χ1n) is 13.0. The molecule has 30 heavy (non-hydrogen) atoms. The molecule has 1 fully saturated rings. The minimum Gasteiger partial charge on any atom is -0.0654 e. The van der Waals surface area contributed by atoms with Crippen molar-refractivity contribution in [2.75, 3.05) is 0 Å². The third-order valence-electron chi connectivity index (χ3n) is 7.28. The van der Waals surface area contributed by atoms with Crippen LogP contribution in [0, 0.1) is 5.92 Å². The monoisotopic (exact) mass is 404 g/mol. The summed E-state index contributed by atoms with van der Waals surface area (Å²) >= 11 is 0. The second kappa shape index (κ2) is 13.0. The largest absolute Gasteiger partial charge is 0.0654 e. The SMILES string of the molecule is CCCCCCCCCc1ccc(-c2ccc([C@H]3CC[C@H](CCC)CC3)cc2)cc1. The highest BCUT2D eigenvalue weighted by atomic mass is 14.3. The van der Waals surface area contributed by atoms with E-state index < -0.39 is 0 Å². The van der Waals surface area contributed by atoms with Crippen molar-refractivity contribution in [1.82, 2.24) is 0 Å². The summed E-state index contributed by atoms with van der Waals surface area (Å²) in [4.78, 5) is 0. The van der Waals surface area contributed by atoms with Gasteiger partial charge in [0.2, 0.25) is 0 Å². The summed E-state index contributed by atoms with van der Waals surface area (Å²) in [6.45, 7) is 4.62. The molecule has 0 aromatic heterocycles. The fourth-order valence-electron chi connectivity index (χ4n) is 5.29. The Bertz CT molecular complexity index is 686. The van der Waals surface area contributed by atoms with Crippen molar-refractivity contribution in [3.63, 3.8) is 0 Å². The Balaban J connectivity index is 1.44. The summed E-state index contributed by atoms with van der Waals surface area (Å²) in [5.41, 5.74) is 5.77. The molecule has 1 saturated carbocycles. The van der Waals surface area contributed by atoms with E-state index in [4.69, 9.17) is 0 Å². The van der Waals surface area contributed by atoms with Crippen LogP contribution < -0.4 is 0 Å². The first-order chi connectivity index (χ1) is 14.8. The predicted molar refractivity (Wildman–Crippen MR) is 133 cm³/mol. The molecule has 0 N–H and O–H groups in total. The maximum absolute atomic E-state index is 2.40. The number of aryl methyl sites for hydroxylation is 1. The summed E-state index contributed by atoms with van der Waals surface area (Å²) in [7, 11) is 0. The molecule has 1 aliphatic rings. The molecule has 0 aliphatic heterocycles. The van der Waals surface area contributed by atoms with Gasteiger partial charge in [-0.1, -0.05) is 114 Å². The van der Waals surface area contributed by atoms with E-state index in [1.54, 1.807) is 5.56 Å². The van der Waals surface area contributed by atoms with Gasteiger partial charge < -0.3 is 0 Å². The van der Waals surface area contributed by atoms with Crippen molar-refractivity contribution in [2.45, 2.75) is 110 Å². The van der Waals surface area contributed by atoms with Crippen LogP contribution in [-0.4, -0.2) is 0 Å². The molecule has 164 valence electrons. The van der Waals surface area contributed by atoms with Crippen LogP contribution in [0.1, 0.15) is 114 Å². The van der Waals surface area contributed by atoms with Crippen molar-refractivity contribution < 1.29 is 0 Å². The second-order valence-corrected chi connectivity index (χ2v) is 9.70. The van der Waals surface area contributed by atoms with Crippen LogP contribution >= 0.6 is 0 Å². The van der Waals surface area contributed by atoms with Gasteiger partial charge >= 0.3 is 0 Å². The van der Waals surface area contributed by atoms with Gasteiger partial charge in [0.05, 0.1) is 0 Å². The van der Waals surface area contributed by atoms with Crippen molar-refractivity contribution >= 4 is 0 Å². The molecule has 3 rings (SSSR count). The highest BCUT2D eigenvalue weighted by Crippen LogP contribution is 2.38. The van der Waals surface area contributed by atoms with Gasteiger partial charge in [0.15, 0.2) is 0 Å². The lowest BCUT2D eigenvalue weighted by Crippen LogP contribution is -2.13. The zero-order valence-corrected chi connectivity index (χ0v) is 19.7. The lowest BCUT2D eigenvalue weighted by Gasteiger charge is -2.28. The van der Waals surface area contributed by atoms with E-state index in [9.17, 15) is 0 Å². The number of hydrogen-bond donors (Lipinski definition) is 0. The minimum atomic E-state index is 0.788. The van der Waals surface area contributed by atoms with Crippen molar-refractivity contribution in [3.05, 3.63) is 59.7 Å². The maximum atomic E-state index is 2.40. The first kappa shape index (κ1) is 23.1. The molecule has 0 atom stereocenters. The summed E-state index contributed by atoms with van der Waals surface area (Å²) in [6.07, 6.45) is 19.4. The molecule has 0 unspecified atom stereocenters. The number of hydrogen-bond acceptors (Lipinski definition) is 0. The molecule has 0 heterocycles. The van der Waals surface area contributed by atoms with Gasteiger partial charge in [0.25, 0.3) is 0 Å². The molecular weight excluding hydrogens is 360 g/mol. The Hall–Kier alpha value is -1.56. The van der Waals surface area contributed by atoms with Crippen molar-refractivity contribution in [2.24, 2.45) is 5.92 Å². The Labute approximate surface area is 186 Å². The molecule has 0 amide bonds. The topological polar surface area (TPSA) is 0 Å². The van der Waals surface area contributed by atoms with Crippen LogP contribution in [0.25, 0.3) is 11.1 Å². The number of unbranched alkanes of at least 4 members (excludes halogenated alkanes) is 6. The molecule has 2 aromatic carbocycles. The quantitative estimate of drug-likeness (QED) is 0.309. The molecule has 0 bridgehead atoms. The molecule has 0 saturated heterocycles. The van der Waals surface area contributed by atoms with E-state index >= 15 is 0 Å². The van der Waals surface area contributed by atoms with Crippen molar-refractivity contribution in [1.29, 1.82) is 0 Å². The van der Waals surface area contributed by atoms with Gasteiger partial charge in [-0.2, -0.15) is 0 Å². The fraction of sp³-hybridized carbons (Fsp3) is 0.600. The molecular formula is C30H44. The minimum absolute atomic E-state index is 0.788. The highest BCUT2D eigenvalue weighted by Gasteiger charge is 2.21. The average Bonchev–Trinajstić information content (AvgIpc) is 2.80. The van der Waals surface area contributed by atoms with E-state index in [0.717, 1.165) is 11.8 Å². The Kier molecular flexibility index (Phi) is 10.0. The normalized spacial score (nSPS) is 19.1. The maximum Gasteiger partial charge on any atom is -0.0162 e. The van der Waals surface area contributed by atoms with Gasteiger partial charge in [-0.15, -0.1) is 0 Å². The zero-order chi connectivity index (χ0) is 21.0. The van der Waals surface area contributed by atoms with Gasteiger partial charge in [0.1, 0.15) is 0 Å². The lowest BCUT2D eigenvalue weighted by atomic mass is 9.77. The van der Waals surface area contributed by atoms with Gasteiger partial charge in [-0.3, -0.25) is 0 Å². The van der Waals surface area contributed by atoms with Crippen molar-refractivity contribution in [3.8, 4) is 11.1 Å². The van der Waals surface area contributed by atoms with E-state index in [0.29, 0.717) is 0 Å². The van der Waals surface area contributed by atoms with Crippen LogP contribution in [0.15, 0.2) is 48.5 Å². The number of benzene rings is 2. The van der Waals surface area contributed by atoms with Crippen LogP contribution in [0.2, 0.25) is 0 Å². The Morgan fingerprint density at radius 2 is 1.17 bits per heavy atom. The molecule has 1 aliphatic carbocycles. The molecule has 0 spiro atoms.